The molecular weight excluding hydrogens is 430 g/mol. The van der Waals surface area contributed by atoms with Crippen LogP contribution in [0.4, 0.5) is 16.2 Å². The molecule has 0 bridgehead atoms. The lowest BCUT2D eigenvalue weighted by Gasteiger charge is -2.13. The van der Waals surface area contributed by atoms with Crippen molar-refractivity contribution in [2.75, 3.05) is 13.2 Å². The monoisotopic (exact) mass is 445 g/mol. The number of hydrogen-bond acceptors (Lipinski definition) is 9. The SMILES string of the molecule is Cc1ccc(OCCN2C(=O)S/C(=C\c3cc([N+](=O)[O-])cc([N+](=O)[O-])c3O)C2=O)cc1. The number of aryl methyl sites for hydroxylation is 1. The molecule has 0 aromatic heterocycles. The normalized spacial score (nSPS) is 14.9. The molecule has 1 aliphatic heterocycles. The topological polar surface area (TPSA) is 153 Å². The van der Waals surface area contributed by atoms with Gasteiger partial charge in [0.05, 0.1) is 27.4 Å². The van der Waals surface area contributed by atoms with E-state index in [9.17, 15) is 34.9 Å². The molecule has 11 nitrogen and oxygen atoms in total. The Hall–Kier alpha value is -3.93. The number of imide groups is 1. The van der Waals surface area contributed by atoms with E-state index in [0.29, 0.717) is 23.6 Å². The maximum absolute atomic E-state index is 12.6. The predicted octanol–water partition coefficient (Wildman–Crippen LogP) is 3.63. The van der Waals surface area contributed by atoms with Gasteiger partial charge in [0.1, 0.15) is 12.4 Å². The second-order valence-electron chi connectivity index (χ2n) is 6.41. The largest absolute Gasteiger partial charge is 0.502 e. The summed E-state index contributed by atoms with van der Waals surface area (Å²) in [5, 5.41) is 31.6. The van der Waals surface area contributed by atoms with E-state index >= 15 is 0 Å². The van der Waals surface area contributed by atoms with Gasteiger partial charge < -0.3 is 9.84 Å². The number of benzene rings is 2. The fraction of sp³-hybridized carbons (Fsp3) is 0.158. The van der Waals surface area contributed by atoms with Crippen molar-refractivity contribution in [3.8, 4) is 11.5 Å². The van der Waals surface area contributed by atoms with Crippen LogP contribution >= 0.6 is 11.8 Å². The quantitative estimate of drug-likeness (QED) is 0.382. The van der Waals surface area contributed by atoms with Crippen LogP contribution in [0.15, 0.2) is 41.3 Å². The molecule has 12 heteroatoms. The third-order valence-electron chi connectivity index (χ3n) is 4.28. The average molecular weight is 445 g/mol. The highest BCUT2D eigenvalue weighted by Gasteiger charge is 2.35. The van der Waals surface area contributed by atoms with Crippen LogP contribution in [-0.4, -0.2) is 44.2 Å². The highest BCUT2D eigenvalue weighted by Crippen LogP contribution is 2.39. The first-order valence-electron chi connectivity index (χ1n) is 8.78. The van der Waals surface area contributed by atoms with Crippen molar-refractivity contribution in [2.24, 2.45) is 0 Å². The minimum atomic E-state index is -0.978. The molecule has 3 rings (SSSR count). The lowest BCUT2D eigenvalue weighted by atomic mass is 10.1. The summed E-state index contributed by atoms with van der Waals surface area (Å²) in [6.07, 6.45) is 1.01. The van der Waals surface area contributed by atoms with Gasteiger partial charge in [-0.05, 0) is 36.9 Å². The number of ether oxygens (including phenoxy) is 1. The molecule has 0 atom stereocenters. The average Bonchev–Trinajstić information content (AvgIpc) is 2.97. The van der Waals surface area contributed by atoms with Gasteiger partial charge in [0.15, 0.2) is 0 Å². The molecule has 1 fully saturated rings. The number of nitro benzene ring substituents is 2. The molecule has 2 aromatic carbocycles. The van der Waals surface area contributed by atoms with Gasteiger partial charge in [-0.25, -0.2) is 0 Å². The lowest BCUT2D eigenvalue weighted by Crippen LogP contribution is -2.32. The molecule has 1 N–H and O–H groups in total. The summed E-state index contributed by atoms with van der Waals surface area (Å²) in [5.41, 5.74) is -0.789. The fourth-order valence-electron chi connectivity index (χ4n) is 2.70. The molecule has 160 valence electrons. The Morgan fingerprint density at radius 2 is 1.81 bits per heavy atom. The van der Waals surface area contributed by atoms with E-state index in [2.05, 4.69) is 0 Å². The molecule has 0 saturated carbocycles. The Morgan fingerprint density at radius 1 is 1.13 bits per heavy atom. The lowest BCUT2D eigenvalue weighted by molar-refractivity contribution is -0.394. The van der Waals surface area contributed by atoms with Gasteiger partial charge in [0, 0.05) is 11.6 Å². The second kappa shape index (κ2) is 8.83. The maximum atomic E-state index is 12.6. The Bertz CT molecular complexity index is 1110. The van der Waals surface area contributed by atoms with E-state index in [1.54, 1.807) is 12.1 Å². The van der Waals surface area contributed by atoms with Crippen molar-refractivity contribution in [3.63, 3.8) is 0 Å². The van der Waals surface area contributed by atoms with Crippen LogP contribution in [0, 0.1) is 27.2 Å². The van der Waals surface area contributed by atoms with Crippen LogP contribution in [-0.2, 0) is 4.79 Å². The van der Waals surface area contributed by atoms with E-state index in [1.807, 2.05) is 19.1 Å². The third kappa shape index (κ3) is 4.80. The van der Waals surface area contributed by atoms with E-state index in [4.69, 9.17) is 4.74 Å². The van der Waals surface area contributed by atoms with Crippen LogP contribution in [0.25, 0.3) is 6.08 Å². The fourth-order valence-corrected chi connectivity index (χ4v) is 3.56. The summed E-state index contributed by atoms with van der Waals surface area (Å²) in [7, 11) is 0. The van der Waals surface area contributed by atoms with Gasteiger partial charge in [0.25, 0.3) is 16.8 Å². The minimum absolute atomic E-state index is 0.0436. The van der Waals surface area contributed by atoms with E-state index in [0.717, 1.165) is 22.6 Å². The predicted molar refractivity (Wildman–Crippen MR) is 111 cm³/mol. The zero-order chi connectivity index (χ0) is 22.7. The Balaban J connectivity index is 1.79. The first kappa shape index (κ1) is 21.8. The number of thioether (sulfide) groups is 1. The zero-order valence-corrected chi connectivity index (χ0v) is 16.8. The van der Waals surface area contributed by atoms with E-state index in [-0.39, 0.29) is 23.6 Å². The first-order chi connectivity index (χ1) is 14.7. The van der Waals surface area contributed by atoms with Crippen molar-refractivity contribution in [1.82, 2.24) is 4.90 Å². The smallest absolute Gasteiger partial charge is 0.318 e. The first-order valence-corrected chi connectivity index (χ1v) is 9.59. The molecule has 0 unspecified atom stereocenters. The summed E-state index contributed by atoms with van der Waals surface area (Å²) in [5.74, 6) is -0.969. The van der Waals surface area contributed by atoms with Gasteiger partial charge in [-0.3, -0.25) is 34.7 Å². The van der Waals surface area contributed by atoms with Crippen LogP contribution in [0.2, 0.25) is 0 Å². The Kier molecular flexibility index (Phi) is 6.20. The van der Waals surface area contributed by atoms with Gasteiger partial charge in [0.2, 0.25) is 5.75 Å². The van der Waals surface area contributed by atoms with Crippen LogP contribution < -0.4 is 4.74 Å². The number of phenolic OH excluding ortho intramolecular Hbond substituents is 1. The van der Waals surface area contributed by atoms with Crippen molar-refractivity contribution in [1.29, 1.82) is 0 Å². The minimum Gasteiger partial charge on any atom is -0.502 e. The molecular formula is C19H15N3O8S. The number of rotatable bonds is 7. The van der Waals surface area contributed by atoms with Crippen molar-refractivity contribution >= 4 is 40.4 Å². The number of amides is 2. The number of carbonyl (C=O) groups excluding carboxylic acids is 2. The van der Waals surface area contributed by atoms with Crippen molar-refractivity contribution < 1.29 is 29.3 Å². The standard InChI is InChI=1S/C19H15N3O8S/c1-11-2-4-14(5-3-11)30-7-6-20-18(24)16(31-19(20)25)9-12-8-13(21(26)27)10-15(17(12)23)22(28)29/h2-5,8-10,23H,6-7H2,1H3/b16-9-. The molecule has 0 radical (unpaired) electrons. The summed E-state index contributed by atoms with van der Waals surface area (Å²) in [6.45, 7) is 1.92. The number of non-ortho nitro benzene ring substituents is 1. The highest BCUT2D eigenvalue weighted by molar-refractivity contribution is 8.18. The maximum Gasteiger partial charge on any atom is 0.318 e. The number of carbonyl (C=O) groups is 2. The zero-order valence-electron chi connectivity index (χ0n) is 16.0. The third-order valence-corrected chi connectivity index (χ3v) is 5.18. The number of aromatic hydroxyl groups is 1. The van der Waals surface area contributed by atoms with Gasteiger partial charge in [-0.1, -0.05) is 17.7 Å². The van der Waals surface area contributed by atoms with Crippen molar-refractivity contribution in [3.05, 3.63) is 72.7 Å². The van der Waals surface area contributed by atoms with E-state index in [1.165, 1.54) is 0 Å². The molecule has 0 aliphatic carbocycles. The summed E-state index contributed by atoms with van der Waals surface area (Å²) in [4.78, 5) is 45.8. The molecule has 0 spiro atoms. The summed E-state index contributed by atoms with van der Waals surface area (Å²) < 4.78 is 5.51. The number of nitrogens with zero attached hydrogens (tertiary/aromatic N) is 3. The van der Waals surface area contributed by atoms with Crippen LogP contribution in [0.1, 0.15) is 11.1 Å². The Morgan fingerprint density at radius 3 is 2.42 bits per heavy atom. The highest BCUT2D eigenvalue weighted by atomic mass is 32.2. The summed E-state index contributed by atoms with van der Waals surface area (Å²) >= 11 is 0.554. The van der Waals surface area contributed by atoms with Crippen LogP contribution in [0.3, 0.4) is 0 Å². The van der Waals surface area contributed by atoms with E-state index < -0.39 is 38.1 Å². The molecule has 2 amide bonds. The molecule has 2 aromatic rings. The number of hydrogen-bond donors (Lipinski definition) is 1. The van der Waals surface area contributed by atoms with Gasteiger partial charge in [-0.2, -0.15) is 0 Å². The molecule has 1 aliphatic rings. The van der Waals surface area contributed by atoms with Crippen molar-refractivity contribution in [2.45, 2.75) is 6.92 Å². The molecule has 1 saturated heterocycles. The number of nitro groups is 2. The molecule has 31 heavy (non-hydrogen) atoms. The molecule has 1 heterocycles. The summed E-state index contributed by atoms with van der Waals surface area (Å²) in [6, 6.07) is 8.70. The Labute approximate surface area is 179 Å². The van der Waals surface area contributed by atoms with Crippen LogP contribution in [0.5, 0.6) is 11.5 Å². The van der Waals surface area contributed by atoms with Gasteiger partial charge >= 0.3 is 5.69 Å². The second-order valence-corrected chi connectivity index (χ2v) is 7.41. The van der Waals surface area contributed by atoms with Gasteiger partial charge in [-0.15, -0.1) is 0 Å². The number of phenols is 1.